The average molecular weight is 418 g/mol. The fraction of sp³-hybridized carbons (Fsp3) is 0.263. The number of benzene rings is 2. The second-order valence-corrected chi connectivity index (χ2v) is 7.52. The largest absolute Gasteiger partial charge is 0.486 e. The number of halogens is 1. The zero-order chi connectivity index (χ0) is 17.6. The topological polar surface area (TPSA) is 39.9 Å². The highest BCUT2D eigenvalue weighted by Gasteiger charge is 2.12. The predicted molar refractivity (Wildman–Crippen MR) is 105 cm³/mol. The highest BCUT2D eigenvalue weighted by molar-refractivity contribution is 9.10. The molecule has 0 fully saturated rings. The molecule has 0 N–H and O–H groups in total. The minimum Gasteiger partial charge on any atom is -0.486 e. The molecule has 0 spiro atoms. The van der Waals surface area contributed by atoms with Crippen LogP contribution in [0.2, 0.25) is 0 Å². The van der Waals surface area contributed by atoms with E-state index in [2.05, 4.69) is 68.8 Å². The molecule has 130 valence electrons. The third kappa shape index (κ3) is 4.86. The Bertz CT molecular complexity index is 833. The molecule has 0 aliphatic rings. The van der Waals surface area contributed by atoms with Gasteiger partial charge in [0, 0.05) is 16.8 Å². The predicted octanol–water partition coefficient (Wildman–Crippen LogP) is 5.24. The van der Waals surface area contributed by atoms with E-state index in [9.17, 15) is 0 Å². The van der Waals surface area contributed by atoms with Crippen LogP contribution in [0, 0.1) is 6.92 Å². The van der Waals surface area contributed by atoms with E-state index in [-0.39, 0.29) is 0 Å². The molecule has 1 heterocycles. The van der Waals surface area contributed by atoms with Crippen LogP contribution in [0.3, 0.4) is 0 Å². The summed E-state index contributed by atoms with van der Waals surface area (Å²) in [5.41, 5.74) is 2.57. The molecule has 2 aromatic carbocycles. The number of nitrogens with zero attached hydrogens (tertiary/aromatic N) is 3. The summed E-state index contributed by atoms with van der Waals surface area (Å²) in [4.78, 5) is 0. The van der Waals surface area contributed by atoms with E-state index in [0.29, 0.717) is 6.61 Å². The first-order chi connectivity index (χ1) is 12.2. The summed E-state index contributed by atoms with van der Waals surface area (Å²) in [7, 11) is 0. The van der Waals surface area contributed by atoms with Gasteiger partial charge in [0.05, 0.1) is 0 Å². The molecule has 3 rings (SSSR count). The lowest BCUT2D eigenvalue weighted by molar-refractivity contribution is 0.288. The van der Waals surface area contributed by atoms with E-state index >= 15 is 0 Å². The molecule has 0 aliphatic heterocycles. The Hall–Kier alpha value is -1.79. The molecule has 0 radical (unpaired) electrons. The molecule has 0 amide bonds. The summed E-state index contributed by atoms with van der Waals surface area (Å²) < 4.78 is 8.97. The van der Waals surface area contributed by atoms with Crippen molar-refractivity contribution in [1.82, 2.24) is 14.8 Å². The van der Waals surface area contributed by atoms with Gasteiger partial charge >= 0.3 is 0 Å². The summed E-state index contributed by atoms with van der Waals surface area (Å²) in [5.74, 6) is 2.55. The van der Waals surface area contributed by atoms with Gasteiger partial charge in [-0.1, -0.05) is 57.5 Å². The van der Waals surface area contributed by atoms with Crippen molar-refractivity contribution in [2.75, 3.05) is 0 Å². The fourth-order valence-electron chi connectivity index (χ4n) is 2.48. The Balaban J connectivity index is 1.64. The molecule has 25 heavy (non-hydrogen) atoms. The second-order valence-electron chi connectivity index (χ2n) is 5.66. The van der Waals surface area contributed by atoms with Gasteiger partial charge in [-0.2, -0.15) is 0 Å². The SMILES string of the molecule is CCn1c(COc2ccc(Br)cc2)nnc1SCc1cccc(C)c1. The lowest BCUT2D eigenvalue weighted by Crippen LogP contribution is -2.07. The average Bonchev–Trinajstić information content (AvgIpc) is 3.01. The van der Waals surface area contributed by atoms with Crippen molar-refractivity contribution in [1.29, 1.82) is 0 Å². The zero-order valence-corrected chi connectivity index (χ0v) is 16.7. The minimum atomic E-state index is 0.410. The maximum absolute atomic E-state index is 5.83. The molecule has 0 aliphatic carbocycles. The highest BCUT2D eigenvalue weighted by atomic mass is 79.9. The fourth-order valence-corrected chi connectivity index (χ4v) is 3.71. The zero-order valence-electron chi connectivity index (χ0n) is 14.3. The van der Waals surface area contributed by atoms with Gasteiger partial charge in [0.25, 0.3) is 0 Å². The summed E-state index contributed by atoms with van der Waals surface area (Å²) in [6.45, 7) is 5.44. The van der Waals surface area contributed by atoms with E-state index in [1.807, 2.05) is 24.3 Å². The number of hydrogen-bond acceptors (Lipinski definition) is 4. The van der Waals surface area contributed by atoms with Gasteiger partial charge in [0.2, 0.25) is 0 Å². The quantitative estimate of drug-likeness (QED) is 0.492. The highest BCUT2D eigenvalue weighted by Crippen LogP contribution is 2.23. The van der Waals surface area contributed by atoms with Crippen LogP contribution in [0.1, 0.15) is 23.9 Å². The number of aromatic nitrogens is 3. The monoisotopic (exact) mass is 417 g/mol. The number of aryl methyl sites for hydroxylation is 1. The molecule has 0 atom stereocenters. The van der Waals surface area contributed by atoms with Gasteiger partial charge in [0.1, 0.15) is 12.4 Å². The third-order valence-corrected chi connectivity index (χ3v) is 5.31. The molecule has 1 aromatic heterocycles. The van der Waals surface area contributed by atoms with Crippen LogP contribution >= 0.6 is 27.7 Å². The van der Waals surface area contributed by atoms with E-state index in [1.165, 1.54) is 11.1 Å². The van der Waals surface area contributed by atoms with Gasteiger partial charge in [-0.3, -0.25) is 0 Å². The number of rotatable bonds is 7. The van der Waals surface area contributed by atoms with Crippen LogP contribution < -0.4 is 4.74 Å². The Morgan fingerprint density at radius 3 is 2.64 bits per heavy atom. The molecular formula is C19H20BrN3OS. The smallest absolute Gasteiger partial charge is 0.191 e. The normalized spacial score (nSPS) is 10.8. The van der Waals surface area contributed by atoms with Crippen LogP contribution in [0.25, 0.3) is 0 Å². The van der Waals surface area contributed by atoms with Crippen molar-refractivity contribution in [3.05, 3.63) is 70.0 Å². The summed E-state index contributed by atoms with van der Waals surface area (Å²) in [6, 6.07) is 16.3. The van der Waals surface area contributed by atoms with Gasteiger partial charge in [-0.25, -0.2) is 0 Å². The van der Waals surface area contributed by atoms with Crippen LogP contribution in [0.4, 0.5) is 0 Å². The summed E-state index contributed by atoms with van der Waals surface area (Å²) in [6.07, 6.45) is 0. The van der Waals surface area contributed by atoms with Gasteiger partial charge in [-0.15, -0.1) is 10.2 Å². The molecule has 0 bridgehead atoms. The van der Waals surface area contributed by atoms with Crippen molar-refractivity contribution >= 4 is 27.7 Å². The van der Waals surface area contributed by atoms with Gasteiger partial charge in [0.15, 0.2) is 11.0 Å². The first-order valence-corrected chi connectivity index (χ1v) is 9.92. The standard InChI is InChI=1S/C19H20BrN3OS/c1-3-23-18(12-24-17-9-7-16(20)8-10-17)21-22-19(23)25-13-15-6-4-5-14(2)11-15/h4-11H,3,12-13H2,1-2H3. The summed E-state index contributed by atoms with van der Waals surface area (Å²) >= 11 is 5.13. The lowest BCUT2D eigenvalue weighted by atomic mass is 10.2. The molecule has 0 saturated heterocycles. The van der Waals surface area contributed by atoms with E-state index in [0.717, 1.165) is 33.5 Å². The Morgan fingerprint density at radius 1 is 1.12 bits per heavy atom. The lowest BCUT2D eigenvalue weighted by Gasteiger charge is -2.09. The van der Waals surface area contributed by atoms with Crippen LogP contribution in [0.5, 0.6) is 5.75 Å². The van der Waals surface area contributed by atoms with Crippen LogP contribution in [-0.4, -0.2) is 14.8 Å². The maximum Gasteiger partial charge on any atom is 0.191 e. The second kappa shape index (κ2) is 8.54. The Kier molecular flexibility index (Phi) is 6.15. The molecular weight excluding hydrogens is 398 g/mol. The van der Waals surface area contributed by atoms with Crippen LogP contribution in [-0.2, 0) is 18.9 Å². The number of thioether (sulfide) groups is 1. The van der Waals surface area contributed by atoms with Crippen molar-refractivity contribution in [3.8, 4) is 5.75 Å². The molecule has 6 heteroatoms. The van der Waals surface area contributed by atoms with Gasteiger partial charge in [-0.05, 0) is 43.7 Å². The van der Waals surface area contributed by atoms with Crippen molar-refractivity contribution in [3.63, 3.8) is 0 Å². The van der Waals surface area contributed by atoms with Crippen molar-refractivity contribution in [2.45, 2.75) is 37.9 Å². The van der Waals surface area contributed by atoms with Gasteiger partial charge < -0.3 is 9.30 Å². The number of hydrogen-bond donors (Lipinski definition) is 0. The first kappa shape index (κ1) is 18.0. The van der Waals surface area contributed by atoms with Crippen LogP contribution in [0.15, 0.2) is 58.2 Å². The Labute approximate surface area is 160 Å². The number of ether oxygens (including phenoxy) is 1. The van der Waals surface area contributed by atoms with E-state index < -0.39 is 0 Å². The minimum absolute atomic E-state index is 0.410. The summed E-state index contributed by atoms with van der Waals surface area (Å²) in [5, 5.41) is 9.58. The first-order valence-electron chi connectivity index (χ1n) is 8.14. The molecule has 4 nitrogen and oxygen atoms in total. The molecule has 0 saturated carbocycles. The van der Waals surface area contributed by atoms with E-state index in [1.54, 1.807) is 11.8 Å². The maximum atomic E-state index is 5.83. The third-order valence-electron chi connectivity index (χ3n) is 3.74. The van der Waals surface area contributed by atoms with E-state index in [4.69, 9.17) is 4.74 Å². The van der Waals surface area contributed by atoms with Crippen molar-refractivity contribution < 1.29 is 4.74 Å². The molecule has 3 aromatic rings. The van der Waals surface area contributed by atoms with Crippen molar-refractivity contribution in [2.24, 2.45) is 0 Å². The Morgan fingerprint density at radius 2 is 1.92 bits per heavy atom. The molecule has 0 unspecified atom stereocenters.